The third-order valence-corrected chi connectivity index (χ3v) is 5.11. The number of nitrogens with two attached hydrogens (primary N) is 1. The summed E-state index contributed by atoms with van der Waals surface area (Å²) >= 11 is 0. The van der Waals surface area contributed by atoms with Crippen molar-refractivity contribution in [1.82, 2.24) is 40.1 Å². The first-order valence-electron chi connectivity index (χ1n) is 9.56. The molecule has 9 nitrogen and oxygen atoms in total. The number of nitrogens with one attached hydrogen (secondary N) is 2. The minimum atomic E-state index is 0.584. The zero-order valence-corrected chi connectivity index (χ0v) is 16.1. The number of nitrogen functional groups attached to an aromatic ring is 1. The number of aromatic amines is 2. The number of aromatic nitrogens is 8. The van der Waals surface area contributed by atoms with Gasteiger partial charge in [0, 0.05) is 47.5 Å². The Balaban J connectivity index is 1.51. The van der Waals surface area contributed by atoms with E-state index in [2.05, 4.69) is 35.1 Å². The quantitative estimate of drug-likeness (QED) is 0.409. The van der Waals surface area contributed by atoms with E-state index in [4.69, 9.17) is 10.7 Å². The third-order valence-electron chi connectivity index (χ3n) is 5.11. The number of fused-ring (bicyclic) bond motifs is 2. The topological polar surface area (TPSA) is 135 Å². The summed E-state index contributed by atoms with van der Waals surface area (Å²) < 4.78 is 0. The van der Waals surface area contributed by atoms with E-state index >= 15 is 0 Å². The average molecular weight is 405 g/mol. The van der Waals surface area contributed by atoms with Crippen LogP contribution in [-0.4, -0.2) is 40.1 Å². The summed E-state index contributed by atoms with van der Waals surface area (Å²) in [6.07, 6.45) is 12.2. The van der Waals surface area contributed by atoms with Gasteiger partial charge in [-0.1, -0.05) is 0 Å². The Morgan fingerprint density at radius 3 is 2.55 bits per heavy atom. The molecule has 6 rings (SSSR count). The highest BCUT2D eigenvalue weighted by Gasteiger charge is 2.16. The Labute approximate surface area is 175 Å². The van der Waals surface area contributed by atoms with Gasteiger partial charge in [-0.3, -0.25) is 25.0 Å². The number of H-pyrrole nitrogens is 2. The van der Waals surface area contributed by atoms with Crippen molar-refractivity contribution in [1.29, 1.82) is 0 Å². The summed E-state index contributed by atoms with van der Waals surface area (Å²) in [7, 11) is 0. The first-order valence-corrected chi connectivity index (χ1v) is 9.56. The Morgan fingerprint density at radius 1 is 0.806 bits per heavy atom. The molecule has 0 aliphatic heterocycles. The molecule has 31 heavy (non-hydrogen) atoms. The predicted molar refractivity (Wildman–Crippen MR) is 118 cm³/mol. The smallest absolute Gasteiger partial charge is 0.159 e. The van der Waals surface area contributed by atoms with Crippen molar-refractivity contribution >= 4 is 27.6 Å². The fourth-order valence-corrected chi connectivity index (χ4v) is 3.64. The first-order chi connectivity index (χ1) is 15.3. The maximum atomic E-state index is 5.88. The lowest BCUT2D eigenvalue weighted by atomic mass is 10.1. The zero-order chi connectivity index (χ0) is 20.8. The van der Waals surface area contributed by atoms with Gasteiger partial charge >= 0.3 is 0 Å². The Morgan fingerprint density at radius 2 is 1.68 bits per heavy atom. The van der Waals surface area contributed by atoms with E-state index in [0.29, 0.717) is 17.2 Å². The number of anilines is 1. The van der Waals surface area contributed by atoms with Crippen LogP contribution in [0.2, 0.25) is 0 Å². The largest absolute Gasteiger partial charge is 0.397 e. The van der Waals surface area contributed by atoms with Crippen LogP contribution >= 0.6 is 0 Å². The molecule has 0 aliphatic rings. The van der Waals surface area contributed by atoms with E-state index in [1.807, 2.05) is 24.3 Å². The van der Waals surface area contributed by atoms with Crippen molar-refractivity contribution in [3.05, 3.63) is 67.6 Å². The lowest BCUT2D eigenvalue weighted by Gasteiger charge is -2.02. The lowest BCUT2D eigenvalue weighted by molar-refractivity contribution is 1.10. The van der Waals surface area contributed by atoms with Crippen LogP contribution in [0.3, 0.4) is 0 Å². The molecule has 0 amide bonds. The number of imidazole rings is 1. The molecule has 148 valence electrons. The molecule has 0 fully saturated rings. The second kappa shape index (κ2) is 6.70. The molecule has 9 heteroatoms. The van der Waals surface area contributed by atoms with Crippen LogP contribution in [0.4, 0.5) is 5.69 Å². The van der Waals surface area contributed by atoms with Gasteiger partial charge in [-0.25, -0.2) is 4.98 Å². The summed E-state index contributed by atoms with van der Waals surface area (Å²) in [6, 6.07) is 7.67. The summed E-state index contributed by atoms with van der Waals surface area (Å²) in [5.41, 5.74) is 13.1. The average Bonchev–Trinajstić information content (AvgIpc) is 3.43. The molecular formula is C22H15N9. The summed E-state index contributed by atoms with van der Waals surface area (Å²) in [5, 5.41) is 8.41. The minimum absolute atomic E-state index is 0.584. The van der Waals surface area contributed by atoms with E-state index < -0.39 is 0 Å². The van der Waals surface area contributed by atoms with Crippen molar-refractivity contribution in [3.8, 4) is 33.9 Å². The van der Waals surface area contributed by atoms with Gasteiger partial charge in [-0.2, -0.15) is 5.10 Å². The van der Waals surface area contributed by atoms with Gasteiger partial charge in [0.05, 0.1) is 40.3 Å². The monoisotopic (exact) mass is 405 g/mol. The summed E-state index contributed by atoms with van der Waals surface area (Å²) in [6.45, 7) is 0. The fourth-order valence-electron chi connectivity index (χ4n) is 3.64. The van der Waals surface area contributed by atoms with Crippen LogP contribution in [0, 0.1) is 0 Å². The summed E-state index contributed by atoms with van der Waals surface area (Å²) in [5.74, 6) is 0.646. The van der Waals surface area contributed by atoms with Gasteiger partial charge in [0.1, 0.15) is 5.69 Å². The number of rotatable bonds is 3. The maximum absolute atomic E-state index is 5.88. The molecule has 0 radical (unpaired) electrons. The third kappa shape index (κ3) is 2.87. The van der Waals surface area contributed by atoms with Gasteiger partial charge in [0.25, 0.3) is 0 Å². The number of hydrogen-bond donors (Lipinski definition) is 3. The lowest BCUT2D eigenvalue weighted by Crippen LogP contribution is -1.90. The Hall–Kier alpha value is -4.66. The van der Waals surface area contributed by atoms with E-state index in [-0.39, 0.29) is 0 Å². The highest BCUT2D eigenvalue weighted by atomic mass is 15.1. The van der Waals surface area contributed by atoms with Crippen molar-refractivity contribution in [2.45, 2.75) is 0 Å². The molecule has 6 aromatic rings. The molecule has 6 aromatic heterocycles. The van der Waals surface area contributed by atoms with Gasteiger partial charge in [-0.05, 0) is 29.8 Å². The molecule has 0 spiro atoms. The van der Waals surface area contributed by atoms with Crippen LogP contribution < -0.4 is 5.73 Å². The predicted octanol–water partition coefficient (Wildman–Crippen LogP) is 3.60. The van der Waals surface area contributed by atoms with E-state index in [1.54, 1.807) is 43.4 Å². The second-order valence-electron chi connectivity index (χ2n) is 7.10. The second-order valence-corrected chi connectivity index (χ2v) is 7.10. The molecule has 0 bridgehead atoms. The van der Waals surface area contributed by atoms with Crippen molar-refractivity contribution in [3.63, 3.8) is 0 Å². The molecular weight excluding hydrogens is 390 g/mol. The van der Waals surface area contributed by atoms with E-state index in [1.165, 1.54) is 0 Å². The van der Waals surface area contributed by atoms with Gasteiger partial charge in [0.2, 0.25) is 0 Å². The van der Waals surface area contributed by atoms with Crippen LogP contribution in [0.25, 0.3) is 55.8 Å². The molecule has 0 aliphatic carbocycles. The van der Waals surface area contributed by atoms with Gasteiger partial charge < -0.3 is 10.7 Å². The molecule has 4 N–H and O–H groups in total. The SMILES string of the molecule is Nc1cncc(-c2cc3c(-c4nc5c(-c6ccncc6)cncc5[nH]4)n[nH]c3cn2)c1. The molecule has 0 atom stereocenters. The van der Waals surface area contributed by atoms with Crippen LogP contribution in [0.5, 0.6) is 0 Å². The number of nitrogens with zero attached hydrogens (tertiary/aromatic N) is 6. The van der Waals surface area contributed by atoms with Crippen LogP contribution in [0.15, 0.2) is 67.6 Å². The van der Waals surface area contributed by atoms with E-state index in [0.717, 1.165) is 44.3 Å². The van der Waals surface area contributed by atoms with Crippen molar-refractivity contribution in [2.75, 3.05) is 5.73 Å². The standard InChI is InChI=1S/C22H15N9/c23-14-5-13(7-25-8-14)17-6-15-18(11-27-17)30-31-21(15)22-28-19-10-26-9-16(20(19)29-22)12-1-3-24-4-2-12/h1-11H,23H2,(H,28,29)(H,30,31). The Bertz CT molecular complexity index is 1550. The minimum Gasteiger partial charge on any atom is -0.397 e. The molecule has 6 heterocycles. The van der Waals surface area contributed by atoms with Crippen LogP contribution in [0.1, 0.15) is 0 Å². The highest BCUT2D eigenvalue weighted by Crippen LogP contribution is 2.31. The molecule has 0 saturated carbocycles. The first kappa shape index (κ1) is 17.2. The zero-order valence-electron chi connectivity index (χ0n) is 16.1. The molecule has 0 unspecified atom stereocenters. The van der Waals surface area contributed by atoms with E-state index in [9.17, 15) is 0 Å². The molecule has 0 saturated heterocycles. The Kier molecular flexibility index (Phi) is 3.72. The van der Waals surface area contributed by atoms with Crippen molar-refractivity contribution in [2.24, 2.45) is 0 Å². The molecule has 0 aromatic carbocycles. The fraction of sp³-hybridized carbons (Fsp3) is 0. The van der Waals surface area contributed by atoms with Gasteiger partial charge in [0.15, 0.2) is 5.82 Å². The number of hydrogen-bond acceptors (Lipinski definition) is 7. The van der Waals surface area contributed by atoms with Gasteiger partial charge in [-0.15, -0.1) is 0 Å². The van der Waals surface area contributed by atoms with Crippen LogP contribution in [-0.2, 0) is 0 Å². The summed E-state index contributed by atoms with van der Waals surface area (Å²) in [4.78, 5) is 25.3. The number of pyridine rings is 4. The van der Waals surface area contributed by atoms with Crippen molar-refractivity contribution < 1.29 is 0 Å². The highest BCUT2D eigenvalue weighted by molar-refractivity contribution is 5.97. The maximum Gasteiger partial charge on any atom is 0.159 e. The normalized spacial score (nSPS) is 11.4.